The number of amides is 1. The third kappa shape index (κ3) is 4.12. The molecule has 1 amide bonds. The van der Waals surface area contributed by atoms with Crippen molar-refractivity contribution in [2.45, 2.75) is 11.8 Å². The van der Waals surface area contributed by atoms with Gasteiger partial charge in [0.1, 0.15) is 16.5 Å². The van der Waals surface area contributed by atoms with Gasteiger partial charge in [-0.15, -0.1) is 0 Å². The highest BCUT2D eigenvalue weighted by atomic mass is 32.2. The van der Waals surface area contributed by atoms with Crippen LogP contribution in [0.5, 0.6) is 5.75 Å². The van der Waals surface area contributed by atoms with E-state index in [4.69, 9.17) is 4.74 Å². The Morgan fingerprint density at radius 3 is 2.26 bits per heavy atom. The highest BCUT2D eigenvalue weighted by molar-refractivity contribution is 7.89. The van der Waals surface area contributed by atoms with Crippen LogP contribution in [-0.2, 0) is 10.0 Å². The molecule has 0 N–H and O–H groups in total. The van der Waals surface area contributed by atoms with Crippen molar-refractivity contribution in [1.82, 2.24) is 9.21 Å². The first-order chi connectivity index (χ1) is 12.9. The van der Waals surface area contributed by atoms with Gasteiger partial charge in [-0.1, -0.05) is 12.1 Å². The normalized spacial score (nSPS) is 15.6. The fourth-order valence-electron chi connectivity index (χ4n) is 2.97. The quantitative estimate of drug-likeness (QED) is 0.784. The van der Waals surface area contributed by atoms with Gasteiger partial charge in [-0.25, -0.2) is 12.8 Å². The molecule has 0 atom stereocenters. The number of hydrogen-bond donors (Lipinski definition) is 0. The second kappa shape index (κ2) is 8.06. The zero-order chi connectivity index (χ0) is 19.4. The molecule has 1 aliphatic rings. The fourth-order valence-corrected chi connectivity index (χ4v) is 4.45. The van der Waals surface area contributed by atoms with Crippen molar-refractivity contribution in [3.8, 4) is 5.75 Å². The molecule has 0 aliphatic carbocycles. The highest BCUT2D eigenvalue weighted by Gasteiger charge is 2.31. The van der Waals surface area contributed by atoms with Crippen LogP contribution >= 0.6 is 0 Å². The predicted molar refractivity (Wildman–Crippen MR) is 98.7 cm³/mol. The van der Waals surface area contributed by atoms with E-state index in [-0.39, 0.29) is 37.0 Å². The lowest BCUT2D eigenvalue weighted by Gasteiger charge is -2.34. The molecule has 3 rings (SSSR count). The number of carbonyl (C=O) groups is 1. The minimum Gasteiger partial charge on any atom is -0.494 e. The molecule has 1 fully saturated rings. The standard InChI is InChI=1S/C19H21FN2O4S/c1-2-26-16-9-7-15(8-10-16)19(23)21-11-13-22(14-12-21)27(24,25)18-6-4-3-5-17(18)20/h3-10H,2,11-14H2,1H3. The van der Waals surface area contributed by atoms with Crippen LogP contribution in [0.4, 0.5) is 4.39 Å². The summed E-state index contributed by atoms with van der Waals surface area (Å²) in [6, 6.07) is 12.2. The number of halogens is 1. The Hall–Kier alpha value is -2.45. The Morgan fingerprint density at radius 2 is 1.67 bits per heavy atom. The summed E-state index contributed by atoms with van der Waals surface area (Å²) in [7, 11) is -3.91. The van der Waals surface area contributed by atoms with Gasteiger partial charge in [-0.2, -0.15) is 4.31 Å². The molecule has 0 aromatic heterocycles. The molecule has 0 bridgehead atoms. The molecule has 1 aliphatic heterocycles. The monoisotopic (exact) mass is 392 g/mol. The van der Waals surface area contributed by atoms with E-state index in [9.17, 15) is 17.6 Å². The van der Waals surface area contributed by atoms with Crippen molar-refractivity contribution < 1.29 is 22.3 Å². The summed E-state index contributed by atoms with van der Waals surface area (Å²) >= 11 is 0. The summed E-state index contributed by atoms with van der Waals surface area (Å²) < 4.78 is 45.7. The number of piperazine rings is 1. The Balaban J connectivity index is 1.66. The Labute approximate surface area is 158 Å². The largest absolute Gasteiger partial charge is 0.494 e. The molecular weight excluding hydrogens is 371 g/mol. The second-order valence-corrected chi connectivity index (χ2v) is 7.99. The zero-order valence-electron chi connectivity index (χ0n) is 15.0. The minimum absolute atomic E-state index is 0.124. The molecule has 0 saturated carbocycles. The maximum Gasteiger partial charge on any atom is 0.253 e. The maximum atomic E-state index is 13.9. The summed E-state index contributed by atoms with van der Waals surface area (Å²) in [5.74, 6) is -0.249. The van der Waals surface area contributed by atoms with Gasteiger partial charge in [0.15, 0.2) is 0 Å². The molecule has 2 aromatic carbocycles. The van der Waals surface area contributed by atoms with E-state index in [1.54, 1.807) is 29.2 Å². The number of rotatable bonds is 5. The minimum atomic E-state index is -3.91. The van der Waals surface area contributed by atoms with Crippen LogP contribution in [-0.4, -0.2) is 56.3 Å². The molecule has 1 saturated heterocycles. The lowest BCUT2D eigenvalue weighted by Crippen LogP contribution is -2.50. The van der Waals surface area contributed by atoms with Crippen LogP contribution in [0.15, 0.2) is 53.4 Å². The molecule has 8 heteroatoms. The number of sulfonamides is 1. The number of hydrogen-bond acceptors (Lipinski definition) is 4. The zero-order valence-corrected chi connectivity index (χ0v) is 15.8. The third-order valence-corrected chi connectivity index (χ3v) is 6.32. The second-order valence-electron chi connectivity index (χ2n) is 6.08. The summed E-state index contributed by atoms with van der Waals surface area (Å²) in [6.45, 7) is 3.18. The Morgan fingerprint density at radius 1 is 1.04 bits per heavy atom. The van der Waals surface area contributed by atoms with Crippen LogP contribution in [0, 0.1) is 5.82 Å². The SMILES string of the molecule is CCOc1ccc(C(=O)N2CCN(S(=O)(=O)c3ccccc3F)CC2)cc1. The van der Waals surface area contributed by atoms with E-state index in [0.717, 1.165) is 6.07 Å². The number of nitrogens with zero attached hydrogens (tertiary/aromatic N) is 2. The van der Waals surface area contributed by atoms with E-state index in [0.29, 0.717) is 17.9 Å². The first-order valence-corrected chi connectivity index (χ1v) is 10.1. The predicted octanol–water partition coefficient (Wildman–Crippen LogP) is 2.37. The number of carbonyl (C=O) groups excluding carboxylic acids is 1. The molecule has 27 heavy (non-hydrogen) atoms. The van der Waals surface area contributed by atoms with Crippen molar-refractivity contribution in [3.63, 3.8) is 0 Å². The van der Waals surface area contributed by atoms with Crippen molar-refractivity contribution in [2.75, 3.05) is 32.8 Å². The number of ether oxygens (including phenoxy) is 1. The highest BCUT2D eigenvalue weighted by Crippen LogP contribution is 2.21. The van der Waals surface area contributed by atoms with Crippen molar-refractivity contribution in [2.24, 2.45) is 0 Å². The third-order valence-electron chi connectivity index (χ3n) is 4.39. The molecule has 1 heterocycles. The number of benzene rings is 2. The molecular formula is C19H21FN2O4S. The van der Waals surface area contributed by atoms with E-state index < -0.39 is 15.8 Å². The average Bonchev–Trinajstić information content (AvgIpc) is 2.68. The van der Waals surface area contributed by atoms with Gasteiger partial charge in [0.2, 0.25) is 10.0 Å². The lowest BCUT2D eigenvalue weighted by atomic mass is 10.2. The molecule has 2 aromatic rings. The molecule has 0 radical (unpaired) electrons. The van der Waals surface area contributed by atoms with Crippen molar-refractivity contribution in [1.29, 1.82) is 0 Å². The molecule has 0 spiro atoms. The lowest BCUT2D eigenvalue weighted by molar-refractivity contribution is 0.0697. The summed E-state index contributed by atoms with van der Waals surface area (Å²) in [4.78, 5) is 13.9. The van der Waals surface area contributed by atoms with Crippen molar-refractivity contribution in [3.05, 3.63) is 59.9 Å². The first-order valence-electron chi connectivity index (χ1n) is 8.70. The van der Waals surface area contributed by atoms with Gasteiger partial charge in [0.05, 0.1) is 6.61 Å². The van der Waals surface area contributed by atoms with Gasteiger partial charge in [-0.05, 0) is 43.3 Å². The van der Waals surface area contributed by atoms with Gasteiger partial charge < -0.3 is 9.64 Å². The summed E-state index contributed by atoms with van der Waals surface area (Å²) in [5.41, 5.74) is 0.517. The van der Waals surface area contributed by atoms with E-state index >= 15 is 0 Å². The molecule has 144 valence electrons. The average molecular weight is 392 g/mol. The van der Waals surface area contributed by atoms with Gasteiger partial charge in [0.25, 0.3) is 5.91 Å². The molecule has 0 unspecified atom stereocenters. The summed E-state index contributed by atoms with van der Waals surface area (Å²) in [6.07, 6.45) is 0. The van der Waals surface area contributed by atoms with Crippen LogP contribution in [0.25, 0.3) is 0 Å². The topological polar surface area (TPSA) is 66.9 Å². The van der Waals surface area contributed by atoms with Crippen LogP contribution in [0.2, 0.25) is 0 Å². The fraction of sp³-hybridized carbons (Fsp3) is 0.316. The van der Waals surface area contributed by atoms with E-state index in [1.807, 2.05) is 6.92 Å². The van der Waals surface area contributed by atoms with Gasteiger partial charge >= 0.3 is 0 Å². The van der Waals surface area contributed by atoms with Crippen molar-refractivity contribution >= 4 is 15.9 Å². The van der Waals surface area contributed by atoms with E-state index in [1.165, 1.54) is 22.5 Å². The van der Waals surface area contributed by atoms with Gasteiger partial charge in [0, 0.05) is 31.7 Å². The smallest absolute Gasteiger partial charge is 0.253 e. The van der Waals surface area contributed by atoms with Crippen LogP contribution in [0.3, 0.4) is 0 Å². The Kier molecular flexibility index (Phi) is 5.76. The van der Waals surface area contributed by atoms with Crippen LogP contribution < -0.4 is 4.74 Å². The van der Waals surface area contributed by atoms with Gasteiger partial charge in [-0.3, -0.25) is 4.79 Å². The van der Waals surface area contributed by atoms with E-state index in [2.05, 4.69) is 0 Å². The molecule has 6 nitrogen and oxygen atoms in total. The summed E-state index contributed by atoms with van der Waals surface area (Å²) in [5, 5.41) is 0. The van der Waals surface area contributed by atoms with Crippen LogP contribution in [0.1, 0.15) is 17.3 Å². The maximum absolute atomic E-state index is 13.9. The first kappa shape index (κ1) is 19.3. The Bertz CT molecular complexity index is 908.